The van der Waals surface area contributed by atoms with Gasteiger partial charge in [-0.25, -0.2) is 4.98 Å². The number of nitrogens with zero attached hydrogens (tertiary/aromatic N) is 4. The summed E-state index contributed by atoms with van der Waals surface area (Å²) in [6.45, 7) is 4.51. The summed E-state index contributed by atoms with van der Waals surface area (Å²) in [4.78, 5) is 5.06. The van der Waals surface area contributed by atoms with E-state index in [2.05, 4.69) is 79.3 Å². The Hall–Kier alpha value is -7.33. The van der Waals surface area contributed by atoms with Crippen molar-refractivity contribution in [3.63, 3.8) is 0 Å². The predicted octanol–water partition coefficient (Wildman–Crippen LogP) is 13.2. The molecule has 302 valence electrons. The van der Waals surface area contributed by atoms with Crippen LogP contribution in [0.2, 0.25) is 0 Å². The number of pyridine rings is 1. The molecule has 0 saturated carbocycles. The SMILES string of the molecule is [2H]c1c([2H])c([2H])c2c(c1[2H])-c1ccccc1-[n+]1[c-]n(-c3[c-]c(Oc4[c-]c5c(cc4)c4ccccc4n5-c4cc5c(cn4)-c4ccccc4C5(C)C)ccc3)c3cccc(c31)-c1c([2H])c([2H])c([2H])c([2H])c1-2.[Pt]. The molecule has 3 aromatic heterocycles. The van der Waals surface area contributed by atoms with E-state index in [1.165, 1.54) is 16.7 Å². The zero-order valence-corrected chi connectivity index (χ0v) is 36.0. The standard InChI is InChI=1S/C57H36N4O.Pt/c1-57(2)49-25-10-7-21-43(49)48-34-58-55(33-50(48)57)61-52-27-12-9-23-45(52)46-30-29-38(32-54(46)61)62-37-16-13-15-36(31-37)59-35-60-51-26-11-8-22-44(51)41-19-5-3-17-39(41)40-18-4-6-20-42(40)47-24-14-28-53(59)56(47)60;/h3-30,33-34H,1-2H3;/q-2;/i3D,4D,5D,6D,17D,18D,19D,20D;. The van der Waals surface area contributed by atoms with Crippen molar-refractivity contribution in [3.8, 4) is 73.2 Å². The number of imidazole rings is 1. The summed E-state index contributed by atoms with van der Waals surface area (Å²) < 4.78 is 84.5. The first-order valence-corrected chi connectivity index (χ1v) is 20.4. The van der Waals surface area contributed by atoms with Gasteiger partial charge in [-0.15, -0.1) is 29.7 Å². The Balaban J connectivity index is 0.00000517. The van der Waals surface area contributed by atoms with Crippen LogP contribution < -0.4 is 9.30 Å². The fourth-order valence-corrected chi connectivity index (χ4v) is 9.62. The second kappa shape index (κ2) is 14.1. The van der Waals surface area contributed by atoms with Gasteiger partial charge in [0.25, 0.3) is 6.33 Å². The Labute approximate surface area is 390 Å². The van der Waals surface area contributed by atoms with Gasteiger partial charge in [0.1, 0.15) is 5.82 Å². The topological polar surface area (TPSA) is 35.9 Å². The minimum atomic E-state index is -0.515. The van der Waals surface area contributed by atoms with Crippen LogP contribution in [0.1, 0.15) is 35.9 Å². The first kappa shape index (κ1) is 29.8. The van der Waals surface area contributed by atoms with Crippen molar-refractivity contribution in [2.24, 2.45) is 0 Å². The molecule has 0 spiro atoms. The average Bonchev–Trinajstić information content (AvgIpc) is 4.01. The fourth-order valence-electron chi connectivity index (χ4n) is 9.62. The van der Waals surface area contributed by atoms with E-state index in [4.69, 9.17) is 15.2 Å². The van der Waals surface area contributed by atoms with E-state index in [1.54, 1.807) is 33.4 Å². The second-order valence-electron chi connectivity index (χ2n) is 16.2. The van der Waals surface area contributed by atoms with E-state index in [9.17, 15) is 5.48 Å². The van der Waals surface area contributed by atoms with Crippen LogP contribution in [-0.4, -0.2) is 14.1 Å². The molecule has 0 unspecified atom stereocenters. The van der Waals surface area contributed by atoms with Crippen molar-refractivity contribution < 1.29 is 41.3 Å². The molecular formula is C57H36N4OPt-2. The molecule has 4 heterocycles. The first-order chi connectivity index (χ1) is 33.8. The normalized spacial score (nSPS) is 14.7. The van der Waals surface area contributed by atoms with Crippen molar-refractivity contribution in [2.45, 2.75) is 19.3 Å². The van der Waals surface area contributed by atoms with Gasteiger partial charge >= 0.3 is 0 Å². The quantitative estimate of drug-likeness (QED) is 0.130. The van der Waals surface area contributed by atoms with E-state index in [0.29, 0.717) is 45.0 Å². The molecule has 0 saturated heterocycles. The van der Waals surface area contributed by atoms with E-state index < -0.39 is 36.3 Å². The van der Waals surface area contributed by atoms with Gasteiger partial charge in [0.2, 0.25) is 0 Å². The molecule has 13 rings (SSSR count). The molecule has 0 radical (unpaired) electrons. The summed E-state index contributed by atoms with van der Waals surface area (Å²) in [5, 5.41) is 2.06. The van der Waals surface area contributed by atoms with Gasteiger partial charge in [-0.05, 0) is 79.3 Å². The van der Waals surface area contributed by atoms with Crippen molar-refractivity contribution in [2.75, 3.05) is 0 Å². The van der Waals surface area contributed by atoms with E-state index in [1.807, 2.05) is 66.9 Å². The van der Waals surface area contributed by atoms with E-state index in [-0.39, 0.29) is 60.8 Å². The third kappa shape index (κ3) is 5.53. The van der Waals surface area contributed by atoms with Gasteiger partial charge in [-0.1, -0.05) is 147 Å². The summed E-state index contributed by atoms with van der Waals surface area (Å²) in [7, 11) is 0. The van der Waals surface area contributed by atoms with Gasteiger partial charge in [0, 0.05) is 55.3 Å². The molecule has 5 nitrogen and oxygen atoms in total. The zero-order valence-electron chi connectivity index (χ0n) is 41.7. The third-order valence-corrected chi connectivity index (χ3v) is 12.4. The van der Waals surface area contributed by atoms with Crippen molar-refractivity contribution in [1.29, 1.82) is 0 Å². The Morgan fingerprint density at radius 2 is 1.24 bits per heavy atom. The second-order valence-corrected chi connectivity index (χ2v) is 16.2. The van der Waals surface area contributed by atoms with Gasteiger partial charge in [-0.3, -0.25) is 4.57 Å². The molecule has 0 bridgehead atoms. The maximum absolute atomic E-state index is 9.36. The van der Waals surface area contributed by atoms with Crippen molar-refractivity contribution >= 4 is 32.8 Å². The molecule has 6 heteroatoms. The van der Waals surface area contributed by atoms with E-state index >= 15 is 0 Å². The number of aromatic nitrogens is 4. The van der Waals surface area contributed by atoms with Crippen LogP contribution >= 0.6 is 0 Å². The molecule has 1 aliphatic heterocycles. The molecule has 0 atom stereocenters. The van der Waals surface area contributed by atoms with Crippen LogP contribution in [0.3, 0.4) is 0 Å². The number of hydrogen-bond acceptors (Lipinski definition) is 2. The summed E-state index contributed by atoms with van der Waals surface area (Å²) in [5.41, 5.74) is 9.62. The average molecular weight is 996 g/mol. The molecule has 2 aliphatic rings. The molecule has 63 heavy (non-hydrogen) atoms. The molecule has 1 aliphatic carbocycles. The zero-order chi connectivity index (χ0) is 48.1. The van der Waals surface area contributed by atoms with Gasteiger partial charge < -0.3 is 13.9 Å². The minimum absolute atomic E-state index is 0. The maximum Gasteiger partial charge on any atom is 0.268 e. The van der Waals surface area contributed by atoms with E-state index in [0.717, 1.165) is 33.2 Å². The van der Waals surface area contributed by atoms with Crippen LogP contribution in [-0.2, 0) is 26.5 Å². The summed E-state index contributed by atoms with van der Waals surface area (Å²) >= 11 is 0. The number of ether oxygens (including phenoxy) is 1. The Bertz CT molecular complexity index is 4140. The van der Waals surface area contributed by atoms with Crippen molar-refractivity contribution in [3.05, 3.63) is 212 Å². The summed E-state index contributed by atoms with van der Waals surface area (Å²) in [6.07, 6.45) is 5.49. The smallest absolute Gasteiger partial charge is 0.268 e. The number of benzene rings is 8. The molecule has 0 N–H and O–H groups in total. The minimum Gasteiger partial charge on any atom is -0.510 e. The van der Waals surface area contributed by atoms with Gasteiger partial charge in [0.05, 0.1) is 27.7 Å². The predicted molar refractivity (Wildman–Crippen MR) is 247 cm³/mol. The van der Waals surface area contributed by atoms with Crippen LogP contribution in [0.5, 0.6) is 11.5 Å². The Kier molecular flexibility index (Phi) is 6.68. The largest absolute Gasteiger partial charge is 0.510 e. The number of para-hydroxylation sites is 3. The third-order valence-electron chi connectivity index (χ3n) is 12.4. The maximum atomic E-state index is 9.36. The molecule has 8 aromatic carbocycles. The number of rotatable bonds is 4. The van der Waals surface area contributed by atoms with Crippen LogP contribution in [0.4, 0.5) is 0 Å². The Morgan fingerprint density at radius 3 is 2.06 bits per heavy atom. The van der Waals surface area contributed by atoms with Gasteiger partial charge in [0.15, 0.2) is 0 Å². The van der Waals surface area contributed by atoms with Gasteiger partial charge in [-0.2, -0.15) is 18.2 Å². The summed E-state index contributed by atoms with van der Waals surface area (Å²) in [6, 6.07) is 44.6. The number of fused-ring (bicyclic) bond motifs is 13. The molecular weight excluding hydrogens is 952 g/mol. The van der Waals surface area contributed by atoms with Crippen molar-refractivity contribution in [1.82, 2.24) is 14.1 Å². The monoisotopic (exact) mass is 995 g/mol. The van der Waals surface area contributed by atoms with Crippen LogP contribution in [0.25, 0.3) is 94.5 Å². The first-order valence-electron chi connectivity index (χ1n) is 24.4. The molecule has 0 amide bonds. The Morgan fingerprint density at radius 1 is 0.587 bits per heavy atom. The van der Waals surface area contributed by atoms with Crippen LogP contribution in [0, 0.1) is 18.5 Å². The molecule has 0 fully saturated rings. The fraction of sp³-hybridized carbons (Fsp3) is 0.0526. The summed E-state index contributed by atoms with van der Waals surface area (Å²) in [5.74, 6) is 1.64. The van der Waals surface area contributed by atoms with Crippen LogP contribution in [0.15, 0.2) is 182 Å². The number of hydrogen-bond donors (Lipinski definition) is 0. The molecule has 11 aromatic rings.